The van der Waals surface area contributed by atoms with Crippen LogP contribution in [-0.4, -0.2) is 75.6 Å². The molecule has 17 heteroatoms. The first-order valence-electron chi connectivity index (χ1n) is 19.0. The second-order valence-electron chi connectivity index (χ2n) is 15.5. The number of aromatic nitrogens is 1. The van der Waals surface area contributed by atoms with Crippen molar-refractivity contribution in [1.29, 1.82) is 5.26 Å². The van der Waals surface area contributed by atoms with Crippen molar-refractivity contribution < 1.29 is 55.3 Å². The lowest BCUT2D eigenvalue weighted by atomic mass is 9.71. The summed E-state index contributed by atoms with van der Waals surface area (Å²) in [7, 11) is 0. The summed E-state index contributed by atoms with van der Waals surface area (Å²) in [6.45, 7) is 6.58. The maximum absolute atomic E-state index is 15.1. The van der Waals surface area contributed by atoms with Crippen LogP contribution in [0, 0.1) is 23.7 Å². The Bertz CT molecular complexity index is 2020. The summed E-state index contributed by atoms with van der Waals surface area (Å²) in [6, 6.07) is 11.0. The van der Waals surface area contributed by atoms with E-state index in [9.17, 15) is 46.3 Å². The molecule has 10 nitrogen and oxygen atoms in total. The summed E-state index contributed by atoms with van der Waals surface area (Å²) in [5.74, 6) is -2.91. The molecule has 0 aliphatic carbocycles. The van der Waals surface area contributed by atoms with Crippen LogP contribution in [0.3, 0.4) is 0 Å². The number of pyridine rings is 1. The molecule has 58 heavy (non-hydrogen) atoms. The van der Waals surface area contributed by atoms with Gasteiger partial charge < -0.3 is 24.4 Å². The third-order valence-electron chi connectivity index (χ3n) is 11.2. The van der Waals surface area contributed by atoms with Crippen molar-refractivity contribution in [2.24, 2.45) is 5.41 Å². The third kappa shape index (κ3) is 9.12. The molecule has 2 aliphatic rings. The van der Waals surface area contributed by atoms with Crippen molar-refractivity contribution in [2.45, 2.75) is 109 Å². The number of halogens is 6. The SMILES string of the molecule is CCC[C@H]1N(C(=O)c2ncccc2C(F)(F)F)CCC[C@@]1(Oc1cc(C(F)(F)F)sc1C)C(=O)N1CCC(C#N)(c2ccccc2COCCC(C)(C)C(=O)O)CC1. The van der Waals surface area contributed by atoms with E-state index in [-0.39, 0.29) is 82.0 Å². The van der Waals surface area contributed by atoms with Crippen LogP contribution in [-0.2, 0) is 38.7 Å². The molecule has 1 N–H and O–H groups in total. The molecular weight excluding hydrogens is 791 g/mol. The van der Waals surface area contributed by atoms with Crippen LogP contribution in [0.2, 0.25) is 0 Å². The Kier molecular flexibility index (Phi) is 13.2. The van der Waals surface area contributed by atoms with Gasteiger partial charge in [0.2, 0.25) is 5.60 Å². The molecule has 1 aromatic carbocycles. The van der Waals surface area contributed by atoms with E-state index in [4.69, 9.17) is 9.47 Å². The first kappa shape index (κ1) is 44.4. The Morgan fingerprint density at radius 3 is 2.31 bits per heavy atom. The zero-order chi connectivity index (χ0) is 42.7. The predicted molar refractivity (Wildman–Crippen MR) is 201 cm³/mol. The lowest BCUT2D eigenvalue weighted by Crippen LogP contribution is -2.68. The normalized spacial score (nSPS) is 20.1. The molecule has 2 atom stereocenters. The molecule has 0 unspecified atom stereocenters. The number of rotatable bonds is 13. The summed E-state index contributed by atoms with van der Waals surface area (Å²) in [4.78, 5) is 46.4. The van der Waals surface area contributed by atoms with Crippen molar-refractivity contribution in [3.8, 4) is 11.8 Å². The fourth-order valence-electron chi connectivity index (χ4n) is 7.78. The van der Waals surface area contributed by atoms with Gasteiger partial charge in [-0.2, -0.15) is 31.6 Å². The van der Waals surface area contributed by atoms with E-state index in [0.29, 0.717) is 28.9 Å². The highest BCUT2D eigenvalue weighted by atomic mass is 32.1. The number of hydrogen-bond donors (Lipinski definition) is 1. The summed E-state index contributed by atoms with van der Waals surface area (Å²) >= 11 is 0.427. The molecule has 2 fully saturated rings. The van der Waals surface area contributed by atoms with Gasteiger partial charge in [0.25, 0.3) is 11.8 Å². The average molecular weight is 837 g/mol. The summed E-state index contributed by atoms with van der Waals surface area (Å²) in [5, 5.41) is 20.1. The number of alkyl halides is 6. The van der Waals surface area contributed by atoms with Crippen LogP contribution in [0.25, 0.3) is 0 Å². The van der Waals surface area contributed by atoms with Crippen LogP contribution in [0.15, 0.2) is 48.7 Å². The molecule has 5 rings (SSSR count). The van der Waals surface area contributed by atoms with Gasteiger partial charge >= 0.3 is 18.3 Å². The van der Waals surface area contributed by atoms with Gasteiger partial charge in [0.05, 0.1) is 35.1 Å². The van der Waals surface area contributed by atoms with Crippen molar-refractivity contribution in [1.82, 2.24) is 14.8 Å². The van der Waals surface area contributed by atoms with Crippen LogP contribution in [0.1, 0.15) is 103 Å². The van der Waals surface area contributed by atoms with Crippen LogP contribution >= 0.6 is 11.3 Å². The number of aliphatic carboxylic acids is 1. The standard InChI is InChI=1S/C41H46F6N4O6S/c1-5-10-31-39(57-30-23-32(41(45,46)47)58-26(30)2,14-9-19-51(31)34(52)33-29(40(42,43)44)13-8-18-49-33)35(53)50-20-15-38(25-48,16-21-50)28-12-7-6-11-27(28)24-56-22-17-37(3,4)36(54)55/h6-8,11-13,18,23,31H,5,9-10,14-17,19-22,24H2,1-4H3,(H,54,55)/t31-,39+/m1/s1. The highest BCUT2D eigenvalue weighted by Crippen LogP contribution is 2.46. The summed E-state index contributed by atoms with van der Waals surface area (Å²) in [5.41, 5.74) is -4.83. The minimum Gasteiger partial charge on any atom is -0.481 e. The van der Waals surface area contributed by atoms with E-state index in [0.717, 1.165) is 29.3 Å². The molecule has 0 bridgehead atoms. The van der Waals surface area contributed by atoms with Crippen molar-refractivity contribution in [3.05, 3.63) is 80.8 Å². The smallest absolute Gasteiger partial charge is 0.425 e. The van der Waals surface area contributed by atoms with E-state index in [1.807, 2.05) is 6.07 Å². The van der Waals surface area contributed by atoms with Gasteiger partial charge in [-0.15, -0.1) is 11.3 Å². The minimum absolute atomic E-state index is 0.0150. The number of nitriles is 1. The van der Waals surface area contributed by atoms with Gasteiger partial charge in [-0.25, -0.2) is 0 Å². The van der Waals surface area contributed by atoms with E-state index in [1.54, 1.807) is 39.0 Å². The number of carbonyl (C=O) groups is 3. The molecule has 0 spiro atoms. The molecule has 3 aromatic rings. The summed E-state index contributed by atoms with van der Waals surface area (Å²) in [6.07, 6.45) is -7.62. The Morgan fingerprint density at radius 2 is 1.71 bits per heavy atom. The number of amides is 2. The maximum Gasteiger partial charge on any atom is 0.425 e. The fourth-order valence-corrected chi connectivity index (χ4v) is 8.59. The lowest BCUT2D eigenvalue weighted by Gasteiger charge is -2.51. The van der Waals surface area contributed by atoms with Gasteiger partial charge in [0, 0.05) is 49.8 Å². The fraction of sp³-hybridized carbons (Fsp3) is 0.537. The van der Waals surface area contributed by atoms with Crippen molar-refractivity contribution in [2.75, 3.05) is 26.2 Å². The lowest BCUT2D eigenvalue weighted by molar-refractivity contribution is -0.160. The van der Waals surface area contributed by atoms with Gasteiger partial charge in [0.1, 0.15) is 16.3 Å². The largest absolute Gasteiger partial charge is 0.481 e. The maximum atomic E-state index is 15.1. The van der Waals surface area contributed by atoms with Crippen LogP contribution in [0.5, 0.6) is 5.75 Å². The monoisotopic (exact) mass is 836 g/mol. The number of benzene rings is 1. The third-order valence-corrected chi connectivity index (χ3v) is 12.2. The number of aryl methyl sites for hydroxylation is 1. The zero-order valence-corrected chi connectivity index (χ0v) is 33.5. The average Bonchev–Trinajstić information content (AvgIpc) is 3.56. The molecule has 0 radical (unpaired) electrons. The number of nitrogens with zero attached hydrogens (tertiary/aromatic N) is 4. The van der Waals surface area contributed by atoms with Gasteiger partial charge in [-0.1, -0.05) is 37.6 Å². The van der Waals surface area contributed by atoms with Gasteiger partial charge in [0.15, 0.2) is 0 Å². The highest BCUT2D eigenvalue weighted by Gasteiger charge is 2.57. The van der Waals surface area contributed by atoms with E-state index in [1.165, 1.54) is 11.8 Å². The number of ether oxygens (including phenoxy) is 2. The first-order valence-corrected chi connectivity index (χ1v) is 19.8. The molecule has 2 amide bonds. The van der Waals surface area contributed by atoms with E-state index >= 15 is 4.79 Å². The molecule has 4 heterocycles. The number of thiophene rings is 1. The molecule has 2 aliphatic heterocycles. The van der Waals surface area contributed by atoms with Gasteiger partial charge in [-0.05, 0) is 76.1 Å². The van der Waals surface area contributed by atoms with Crippen molar-refractivity contribution >= 4 is 29.1 Å². The number of carboxylic acids is 1. The van der Waals surface area contributed by atoms with E-state index in [2.05, 4.69) is 11.1 Å². The topological polar surface area (TPSA) is 133 Å². The Labute approximate surface area is 336 Å². The summed E-state index contributed by atoms with van der Waals surface area (Å²) < 4.78 is 96.4. The van der Waals surface area contributed by atoms with E-state index < -0.39 is 68.7 Å². The first-order chi connectivity index (χ1) is 27.2. The number of carbonyl (C=O) groups excluding carboxylic acids is 2. The number of carboxylic acid groups (broad SMARTS) is 1. The second kappa shape index (κ2) is 17.3. The number of piperidine rings is 2. The Hall–Kier alpha value is -4.69. The zero-order valence-electron chi connectivity index (χ0n) is 32.6. The quantitative estimate of drug-likeness (QED) is 0.134. The van der Waals surface area contributed by atoms with Gasteiger partial charge in [-0.3, -0.25) is 19.4 Å². The number of likely N-dealkylation sites (tertiary alicyclic amines) is 2. The molecule has 314 valence electrons. The Morgan fingerprint density at radius 1 is 1.02 bits per heavy atom. The highest BCUT2D eigenvalue weighted by molar-refractivity contribution is 7.12. The Balaban J connectivity index is 1.49. The van der Waals surface area contributed by atoms with Crippen LogP contribution in [0.4, 0.5) is 26.3 Å². The number of hydrogen-bond acceptors (Lipinski definition) is 8. The predicted octanol–water partition coefficient (Wildman–Crippen LogP) is 8.81. The molecular formula is C41H46F6N4O6S. The molecule has 2 saturated heterocycles. The van der Waals surface area contributed by atoms with Crippen molar-refractivity contribution in [3.63, 3.8) is 0 Å². The second-order valence-corrected chi connectivity index (χ2v) is 16.7. The van der Waals surface area contributed by atoms with Crippen LogP contribution < -0.4 is 4.74 Å². The molecule has 0 saturated carbocycles. The molecule has 2 aromatic heterocycles. The minimum atomic E-state index is -4.93.